The lowest BCUT2D eigenvalue weighted by Gasteiger charge is -2.26. The molecule has 1 amide bonds. The number of sulfonamides is 1. The Balaban J connectivity index is 1.66. The average Bonchev–Trinajstić information content (AvgIpc) is 3.23. The minimum absolute atomic E-state index is 0.0712. The van der Waals surface area contributed by atoms with Gasteiger partial charge in [0.25, 0.3) is 0 Å². The van der Waals surface area contributed by atoms with Crippen molar-refractivity contribution in [1.29, 1.82) is 0 Å². The lowest BCUT2D eigenvalue weighted by Crippen LogP contribution is -2.40. The fourth-order valence-corrected chi connectivity index (χ4v) is 4.35. The average molecular weight is 407 g/mol. The second-order valence-corrected chi connectivity index (χ2v) is 8.60. The number of amides is 1. The van der Waals surface area contributed by atoms with Crippen LogP contribution in [-0.4, -0.2) is 51.5 Å². The first-order valence-corrected chi connectivity index (χ1v) is 10.6. The van der Waals surface area contributed by atoms with E-state index < -0.39 is 10.0 Å². The molecule has 1 atom stereocenters. The molecule has 152 valence electrons. The van der Waals surface area contributed by atoms with E-state index in [2.05, 4.69) is 10.6 Å². The van der Waals surface area contributed by atoms with Crippen LogP contribution in [0.5, 0.6) is 0 Å². The Morgan fingerprint density at radius 2 is 2.00 bits per heavy atom. The summed E-state index contributed by atoms with van der Waals surface area (Å²) >= 11 is 0. The SMILES string of the molecule is Cc1ccc(S(=O)(=O)N2CCOCC2)cc1NC(=O)CN[C@H](C)c1ccco1. The highest BCUT2D eigenvalue weighted by atomic mass is 32.2. The van der Waals surface area contributed by atoms with E-state index >= 15 is 0 Å². The number of nitrogens with one attached hydrogen (secondary N) is 2. The van der Waals surface area contributed by atoms with Crippen molar-refractivity contribution in [2.24, 2.45) is 0 Å². The molecule has 0 saturated carbocycles. The third-order valence-corrected chi connectivity index (χ3v) is 6.52. The van der Waals surface area contributed by atoms with Gasteiger partial charge in [0, 0.05) is 18.8 Å². The van der Waals surface area contributed by atoms with Crippen molar-refractivity contribution in [1.82, 2.24) is 9.62 Å². The fraction of sp³-hybridized carbons (Fsp3) is 0.421. The van der Waals surface area contributed by atoms with Gasteiger partial charge in [0.05, 0.1) is 37.0 Å². The molecular formula is C19H25N3O5S. The molecule has 1 aliphatic rings. The van der Waals surface area contributed by atoms with E-state index in [0.717, 1.165) is 11.3 Å². The number of carbonyl (C=O) groups is 1. The highest BCUT2D eigenvalue weighted by Crippen LogP contribution is 2.23. The van der Waals surface area contributed by atoms with Gasteiger partial charge in [0.1, 0.15) is 5.76 Å². The van der Waals surface area contributed by atoms with E-state index in [1.165, 1.54) is 10.4 Å². The Morgan fingerprint density at radius 1 is 1.25 bits per heavy atom. The van der Waals surface area contributed by atoms with Crippen molar-refractivity contribution in [2.75, 3.05) is 38.2 Å². The molecule has 1 aliphatic heterocycles. The Kier molecular flexibility index (Phi) is 6.50. The van der Waals surface area contributed by atoms with E-state index in [9.17, 15) is 13.2 Å². The van der Waals surface area contributed by atoms with Crippen LogP contribution in [0.3, 0.4) is 0 Å². The molecule has 0 radical (unpaired) electrons. The zero-order valence-electron chi connectivity index (χ0n) is 16.0. The van der Waals surface area contributed by atoms with E-state index in [1.807, 2.05) is 19.9 Å². The minimum atomic E-state index is -3.62. The first kappa shape index (κ1) is 20.5. The van der Waals surface area contributed by atoms with E-state index in [-0.39, 0.29) is 23.4 Å². The molecule has 1 fully saturated rings. The number of rotatable bonds is 7. The zero-order valence-corrected chi connectivity index (χ0v) is 16.8. The van der Waals surface area contributed by atoms with Crippen LogP contribution in [0.1, 0.15) is 24.3 Å². The van der Waals surface area contributed by atoms with Gasteiger partial charge >= 0.3 is 0 Å². The molecule has 2 N–H and O–H groups in total. The number of aryl methyl sites for hydroxylation is 1. The van der Waals surface area contributed by atoms with Gasteiger partial charge in [-0.1, -0.05) is 6.07 Å². The fourth-order valence-electron chi connectivity index (χ4n) is 2.91. The molecule has 0 unspecified atom stereocenters. The summed E-state index contributed by atoms with van der Waals surface area (Å²) in [6.07, 6.45) is 1.58. The van der Waals surface area contributed by atoms with Crippen LogP contribution in [0.2, 0.25) is 0 Å². The molecule has 3 rings (SSSR count). The van der Waals surface area contributed by atoms with Crippen molar-refractivity contribution >= 4 is 21.6 Å². The zero-order chi connectivity index (χ0) is 20.1. The molecular weight excluding hydrogens is 382 g/mol. The van der Waals surface area contributed by atoms with Crippen molar-refractivity contribution in [3.63, 3.8) is 0 Å². The Morgan fingerprint density at radius 3 is 2.68 bits per heavy atom. The number of ether oxygens (including phenoxy) is 1. The lowest BCUT2D eigenvalue weighted by molar-refractivity contribution is -0.115. The maximum Gasteiger partial charge on any atom is 0.243 e. The van der Waals surface area contributed by atoms with Gasteiger partial charge in [-0.25, -0.2) is 8.42 Å². The largest absolute Gasteiger partial charge is 0.468 e. The van der Waals surface area contributed by atoms with Crippen LogP contribution in [0.25, 0.3) is 0 Å². The van der Waals surface area contributed by atoms with Crippen molar-refractivity contribution in [3.05, 3.63) is 47.9 Å². The quantitative estimate of drug-likeness (QED) is 0.727. The van der Waals surface area contributed by atoms with E-state index in [0.29, 0.717) is 32.0 Å². The summed E-state index contributed by atoms with van der Waals surface area (Å²) in [4.78, 5) is 12.5. The van der Waals surface area contributed by atoms with Gasteiger partial charge in [-0.2, -0.15) is 4.31 Å². The molecule has 9 heteroatoms. The number of morpholine rings is 1. The second-order valence-electron chi connectivity index (χ2n) is 6.66. The monoisotopic (exact) mass is 407 g/mol. The van der Waals surface area contributed by atoms with E-state index in [1.54, 1.807) is 24.5 Å². The minimum Gasteiger partial charge on any atom is -0.468 e. The summed E-state index contributed by atoms with van der Waals surface area (Å²) in [5, 5.41) is 5.86. The second kappa shape index (κ2) is 8.87. The van der Waals surface area contributed by atoms with Gasteiger partial charge < -0.3 is 14.5 Å². The Hall–Kier alpha value is -2.20. The maximum absolute atomic E-state index is 12.8. The van der Waals surface area contributed by atoms with Gasteiger partial charge in [-0.05, 0) is 43.7 Å². The first-order chi connectivity index (χ1) is 13.4. The number of benzene rings is 1. The Labute approximate surface area is 164 Å². The number of carbonyl (C=O) groups excluding carboxylic acids is 1. The van der Waals surface area contributed by atoms with Gasteiger partial charge in [-0.3, -0.25) is 10.1 Å². The van der Waals surface area contributed by atoms with Crippen LogP contribution in [0.4, 0.5) is 5.69 Å². The number of furan rings is 1. The molecule has 2 heterocycles. The molecule has 1 aromatic carbocycles. The summed E-state index contributed by atoms with van der Waals surface area (Å²) in [5.74, 6) is 0.477. The third kappa shape index (κ3) is 4.79. The molecule has 1 saturated heterocycles. The molecule has 28 heavy (non-hydrogen) atoms. The summed E-state index contributed by atoms with van der Waals surface area (Å²) < 4.78 is 37.6. The van der Waals surface area contributed by atoms with Crippen LogP contribution < -0.4 is 10.6 Å². The van der Waals surface area contributed by atoms with Crippen LogP contribution >= 0.6 is 0 Å². The molecule has 2 aromatic rings. The normalized spacial score (nSPS) is 16.6. The summed E-state index contributed by atoms with van der Waals surface area (Å²) in [6, 6.07) is 8.27. The van der Waals surface area contributed by atoms with Gasteiger partial charge in [0.2, 0.25) is 15.9 Å². The van der Waals surface area contributed by atoms with Crippen molar-refractivity contribution < 1.29 is 22.4 Å². The predicted molar refractivity (Wildman–Crippen MR) is 105 cm³/mol. The highest BCUT2D eigenvalue weighted by Gasteiger charge is 2.26. The van der Waals surface area contributed by atoms with E-state index in [4.69, 9.17) is 9.15 Å². The van der Waals surface area contributed by atoms with Crippen LogP contribution in [0.15, 0.2) is 45.9 Å². The van der Waals surface area contributed by atoms with Crippen molar-refractivity contribution in [3.8, 4) is 0 Å². The number of hydrogen-bond acceptors (Lipinski definition) is 6. The van der Waals surface area contributed by atoms with Crippen LogP contribution in [0, 0.1) is 6.92 Å². The van der Waals surface area contributed by atoms with Gasteiger partial charge in [0.15, 0.2) is 0 Å². The summed E-state index contributed by atoms with van der Waals surface area (Å²) in [5.41, 5.74) is 1.26. The van der Waals surface area contributed by atoms with Crippen LogP contribution in [-0.2, 0) is 19.6 Å². The molecule has 0 aliphatic carbocycles. The molecule has 1 aromatic heterocycles. The summed E-state index contributed by atoms with van der Waals surface area (Å²) in [7, 11) is -3.62. The topological polar surface area (TPSA) is 101 Å². The predicted octanol–water partition coefficient (Wildman–Crippen LogP) is 1.90. The first-order valence-electron chi connectivity index (χ1n) is 9.13. The molecule has 8 nitrogen and oxygen atoms in total. The standard InChI is InChI=1S/C19H25N3O5S/c1-14-5-6-16(28(24,25)22-7-10-26-11-8-22)12-17(14)21-19(23)13-20-15(2)18-4-3-9-27-18/h3-6,9,12,15,20H,7-8,10-11,13H2,1-2H3,(H,21,23)/t15-/m1/s1. The third-order valence-electron chi connectivity index (χ3n) is 4.63. The molecule has 0 bridgehead atoms. The number of nitrogens with zero attached hydrogens (tertiary/aromatic N) is 1. The number of anilines is 1. The Bertz CT molecular complexity index is 906. The summed E-state index contributed by atoms with van der Waals surface area (Å²) in [6.45, 7) is 5.20. The lowest BCUT2D eigenvalue weighted by atomic mass is 10.2. The molecule has 0 spiro atoms. The number of hydrogen-bond donors (Lipinski definition) is 2. The maximum atomic E-state index is 12.8. The van der Waals surface area contributed by atoms with Crippen molar-refractivity contribution in [2.45, 2.75) is 24.8 Å². The highest BCUT2D eigenvalue weighted by molar-refractivity contribution is 7.89. The smallest absolute Gasteiger partial charge is 0.243 e. The van der Waals surface area contributed by atoms with Gasteiger partial charge in [-0.15, -0.1) is 0 Å².